The lowest BCUT2D eigenvalue weighted by Crippen LogP contribution is -2.25. The van der Waals surface area contributed by atoms with E-state index in [9.17, 15) is 0 Å². The summed E-state index contributed by atoms with van der Waals surface area (Å²) >= 11 is 0. The SMILES string of the molecule is CC(C)NCCC1CCCN(C)CC1. The summed E-state index contributed by atoms with van der Waals surface area (Å²) in [6.07, 6.45) is 5.59. The minimum absolute atomic E-state index is 0.642. The van der Waals surface area contributed by atoms with Crippen LogP contribution in [0.3, 0.4) is 0 Å². The topological polar surface area (TPSA) is 15.3 Å². The molecule has 0 bridgehead atoms. The van der Waals surface area contributed by atoms with Crippen molar-refractivity contribution in [3.8, 4) is 0 Å². The molecule has 1 aliphatic heterocycles. The molecule has 0 aromatic rings. The van der Waals surface area contributed by atoms with Crippen LogP contribution in [0.5, 0.6) is 0 Å². The van der Waals surface area contributed by atoms with Gasteiger partial charge in [-0.25, -0.2) is 0 Å². The molecule has 0 aromatic carbocycles. The average molecular weight is 198 g/mol. The van der Waals surface area contributed by atoms with Gasteiger partial charge in [-0.15, -0.1) is 0 Å². The van der Waals surface area contributed by atoms with E-state index >= 15 is 0 Å². The zero-order valence-electron chi connectivity index (χ0n) is 10.1. The molecule has 0 amide bonds. The lowest BCUT2D eigenvalue weighted by atomic mass is 9.97. The van der Waals surface area contributed by atoms with E-state index in [1.54, 1.807) is 0 Å². The van der Waals surface area contributed by atoms with E-state index in [-0.39, 0.29) is 0 Å². The predicted octanol–water partition coefficient (Wildman–Crippen LogP) is 2.11. The second-order valence-corrected chi connectivity index (χ2v) is 5.00. The van der Waals surface area contributed by atoms with Crippen molar-refractivity contribution in [3.05, 3.63) is 0 Å². The third-order valence-corrected chi connectivity index (χ3v) is 3.18. The number of rotatable bonds is 4. The molecule has 84 valence electrons. The van der Waals surface area contributed by atoms with Gasteiger partial charge in [0.05, 0.1) is 0 Å². The van der Waals surface area contributed by atoms with Crippen molar-refractivity contribution in [2.45, 2.75) is 45.6 Å². The van der Waals surface area contributed by atoms with Crippen LogP contribution >= 0.6 is 0 Å². The van der Waals surface area contributed by atoms with Crippen molar-refractivity contribution in [1.82, 2.24) is 10.2 Å². The molecule has 1 N–H and O–H groups in total. The Bertz CT molecular complexity index is 145. The standard InChI is InChI=1S/C12H26N2/c1-11(2)13-8-6-12-5-4-9-14(3)10-7-12/h11-13H,4-10H2,1-3H3. The second-order valence-electron chi connectivity index (χ2n) is 5.00. The molecule has 0 aromatic heterocycles. The Morgan fingerprint density at radius 3 is 2.79 bits per heavy atom. The fourth-order valence-corrected chi connectivity index (χ4v) is 2.17. The summed E-state index contributed by atoms with van der Waals surface area (Å²) in [6.45, 7) is 8.24. The molecule has 0 aliphatic carbocycles. The quantitative estimate of drug-likeness (QED) is 0.744. The van der Waals surface area contributed by atoms with E-state index in [0.717, 1.165) is 5.92 Å². The number of nitrogens with one attached hydrogen (secondary N) is 1. The maximum absolute atomic E-state index is 3.51. The predicted molar refractivity (Wildman–Crippen MR) is 62.6 cm³/mol. The van der Waals surface area contributed by atoms with Gasteiger partial charge >= 0.3 is 0 Å². The Morgan fingerprint density at radius 1 is 1.29 bits per heavy atom. The van der Waals surface area contributed by atoms with Crippen LogP contribution in [-0.4, -0.2) is 37.6 Å². The Morgan fingerprint density at radius 2 is 2.07 bits per heavy atom. The van der Waals surface area contributed by atoms with Crippen LogP contribution in [0, 0.1) is 5.92 Å². The van der Waals surface area contributed by atoms with Gasteiger partial charge in [0.25, 0.3) is 0 Å². The molecule has 1 saturated heterocycles. The highest BCUT2D eigenvalue weighted by atomic mass is 15.1. The molecular weight excluding hydrogens is 172 g/mol. The Balaban J connectivity index is 2.11. The summed E-state index contributed by atoms with van der Waals surface area (Å²) in [5, 5.41) is 3.51. The number of nitrogens with zero attached hydrogens (tertiary/aromatic N) is 1. The van der Waals surface area contributed by atoms with E-state index < -0.39 is 0 Å². The average Bonchev–Trinajstić information content (AvgIpc) is 2.30. The molecule has 1 unspecified atom stereocenters. The van der Waals surface area contributed by atoms with E-state index in [0.29, 0.717) is 6.04 Å². The van der Waals surface area contributed by atoms with Crippen molar-refractivity contribution < 1.29 is 0 Å². The first-order valence-electron chi connectivity index (χ1n) is 6.10. The molecule has 14 heavy (non-hydrogen) atoms. The lowest BCUT2D eigenvalue weighted by molar-refractivity contribution is 0.337. The first-order valence-corrected chi connectivity index (χ1v) is 6.10. The highest BCUT2D eigenvalue weighted by Gasteiger charge is 2.14. The molecule has 0 radical (unpaired) electrons. The minimum Gasteiger partial charge on any atom is -0.315 e. The van der Waals surface area contributed by atoms with E-state index in [1.807, 2.05) is 0 Å². The fraction of sp³-hybridized carbons (Fsp3) is 1.00. The highest BCUT2D eigenvalue weighted by Crippen LogP contribution is 2.19. The van der Waals surface area contributed by atoms with Crippen molar-refractivity contribution in [2.24, 2.45) is 5.92 Å². The van der Waals surface area contributed by atoms with Crippen LogP contribution in [0.1, 0.15) is 39.5 Å². The first-order chi connectivity index (χ1) is 6.68. The maximum atomic E-state index is 3.51. The number of likely N-dealkylation sites (tertiary alicyclic amines) is 1. The molecule has 0 saturated carbocycles. The Kier molecular flexibility index (Phi) is 5.49. The van der Waals surface area contributed by atoms with Crippen LogP contribution in [-0.2, 0) is 0 Å². The third kappa shape index (κ3) is 4.97. The van der Waals surface area contributed by atoms with Gasteiger partial charge in [0, 0.05) is 6.04 Å². The Labute approximate surface area is 89.1 Å². The molecule has 0 spiro atoms. The molecule has 1 rings (SSSR count). The normalized spacial score (nSPS) is 25.3. The minimum atomic E-state index is 0.642. The van der Waals surface area contributed by atoms with Crippen LogP contribution in [0.2, 0.25) is 0 Å². The lowest BCUT2D eigenvalue weighted by Gasteiger charge is -2.16. The smallest absolute Gasteiger partial charge is 0.00103 e. The third-order valence-electron chi connectivity index (χ3n) is 3.18. The Hall–Kier alpha value is -0.0800. The summed E-state index contributed by atoms with van der Waals surface area (Å²) in [6, 6.07) is 0.642. The van der Waals surface area contributed by atoms with Gasteiger partial charge in [-0.3, -0.25) is 0 Å². The summed E-state index contributed by atoms with van der Waals surface area (Å²) in [7, 11) is 2.24. The van der Waals surface area contributed by atoms with Crippen molar-refractivity contribution in [2.75, 3.05) is 26.7 Å². The second kappa shape index (κ2) is 6.41. The highest BCUT2D eigenvalue weighted by molar-refractivity contribution is 4.69. The van der Waals surface area contributed by atoms with Gasteiger partial charge in [0.1, 0.15) is 0 Å². The van der Waals surface area contributed by atoms with Crippen molar-refractivity contribution in [1.29, 1.82) is 0 Å². The van der Waals surface area contributed by atoms with Gasteiger partial charge in [-0.05, 0) is 58.3 Å². The summed E-state index contributed by atoms with van der Waals surface area (Å²) in [5.41, 5.74) is 0. The van der Waals surface area contributed by atoms with Crippen LogP contribution < -0.4 is 5.32 Å². The molecule has 1 aliphatic rings. The van der Waals surface area contributed by atoms with E-state index in [1.165, 1.54) is 45.3 Å². The first kappa shape index (κ1) is 12.0. The molecule has 2 heteroatoms. The molecule has 2 nitrogen and oxygen atoms in total. The van der Waals surface area contributed by atoms with Crippen molar-refractivity contribution >= 4 is 0 Å². The zero-order chi connectivity index (χ0) is 10.4. The zero-order valence-corrected chi connectivity index (χ0v) is 10.1. The van der Waals surface area contributed by atoms with Gasteiger partial charge in [-0.1, -0.05) is 13.8 Å². The number of hydrogen-bond donors (Lipinski definition) is 1. The summed E-state index contributed by atoms with van der Waals surface area (Å²) < 4.78 is 0. The van der Waals surface area contributed by atoms with Crippen LogP contribution in [0.15, 0.2) is 0 Å². The monoisotopic (exact) mass is 198 g/mol. The number of hydrogen-bond acceptors (Lipinski definition) is 2. The molecule has 1 fully saturated rings. The van der Waals surface area contributed by atoms with E-state index in [4.69, 9.17) is 0 Å². The van der Waals surface area contributed by atoms with Crippen LogP contribution in [0.4, 0.5) is 0 Å². The summed E-state index contributed by atoms with van der Waals surface area (Å²) in [4.78, 5) is 2.47. The maximum Gasteiger partial charge on any atom is 0.00103 e. The van der Waals surface area contributed by atoms with Crippen LogP contribution in [0.25, 0.3) is 0 Å². The molecular formula is C12H26N2. The van der Waals surface area contributed by atoms with Crippen molar-refractivity contribution in [3.63, 3.8) is 0 Å². The molecule has 1 atom stereocenters. The largest absolute Gasteiger partial charge is 0.315 e. The van der Waals surface area contributed by atoms with E-state index in [2.05, 4.69) is 31.1 Å². The van der Waals surface area contributed by atoms with Gasteiger partial charge in [0.15, 0.2) is 0 Å². The van der Waals surface area contributed by atoms with Gasteiger partial charge < -0.3 is 10.2 Å². The summed E-state index contributed by atoms with van der Waals surface area (Å²) in [5.74, 6) is 0.964. The van der Waals surface area contributed by atoms with Gasteiger partial charge in [0.2, 0.25) is 0 Å². The fourth-order valence-electron chi connectivity index (χ4n) is 2.17. The van der Waals surface area contributed by atoms with Gasteiger partial charge in [-0.2, -0.15) is 0 Å². The molecule has 1 heterocycles.